The van der Waals surface area contributed by atoms with E-state index in [9.17, 15) is 18.0 Å². The van der Waals surface area contributed by atoms with Crippen LogP contribution in [0.5, 0.6) is 0 Å². The van der Waals surface area contributed by atoms with E-state index in [1.807, 2.05) is 65.0 Å². The van der Waals surface area contributed by atoms with Gasteiger partial charge in [-0.15, -0.1) is 0 Å². The molecule has 0 aliphatic heterocycles. The first kappa shape index (κ1) is 27.4. The molecule has 0 bridgehead atoms. The van der Waals surface area contributed by atoms with Crippen molar-refractivity contribution in [3.63, 3.8) is 0 Å². The molecule has 0 radical (unpaired) electrons. The van der Waals surface area contributed by atoms with Crippen LogP contribution in [0.4, 0.5) is 5.69 Å². The van der Waals surface area contributed by atoms with E-state index < -0.39 is 28.5 Å². The van der Waals surface area contributed by atoms with Gasteiger partial charge in [0.05, 0.1) is 11.9 Å². The molecule has 7 nitrogen and oxygen atoms in total. The first-order valence-corrected chi connectivity index (χ1v) is 13.3. The fraction of sp³-hybridized carbons (Fsp3) is 0.462. The first-order valence-electron chi connectivity index (χ1n) is 11.5. The van der Waals surface area contributed by atoms with Crippen LogP contribution in [-0.4, -0.2) is 50.5 Å². The third-order valence-electron chi connectivity index (χ3n) is 5.46. The molecule has 0 saturated carbocycles. The largest absolute Gasteiger partial charge is 0.354 e. The second kappa shape index (κ2) is 11.5. The Morgan fingerprint density at radius 1 is 0.941 bits per heavy atom. The summed E-state index contributed by atoms with van der Waals surface area (Å²) in [5.74, 6) is -0.451. The summed E-state index contributed by atoms with van der Waals surface area (Å²) in [7, 11) is -3.74. The average molecular weight is 488 g/mol. The molecule has 0 aromatic heterocycles. The van der Waals surface area contributed by atoms with Crippen LogP contribution < -0.4 is 9.62 Å². The molecule has 1 unspecified atom stereocenters. The summed E-state index contributed by atoms with van der Waals surface area (Å²) in [6.07, 6.45) is 1.08. The van der Waals surface area contributed by atoms with Crippen LogP contribution in [0.1, 0.15) is 43.0 Å². The summed E-state index contributed by atoms with van der Waals surface area (Å²) in [5, 5.41) is 2.88. The number of aryl methyl sites for hydroxylation is 3. The summed E-state index contributed by atoms with van der Waals surface area (Å²) >= 11 is 0. The normalized spacial score (nSPS) is 12.4. The highest BCUT2D eigenvalue weighted by molar-refractivity contribution is 7.92. The highest BCUT2D eigenvalue weighted by Crippen LogP contribution is 2.22. The summed E-state index contributed by atoms with van der Waals surface area (Å²) < 4.78 is 26.5. The SMILES string of the molecule is Cc1cccc(CN(C(=O)CN(c2cc(C)cc(C)c2)S(C)(=O)=O)C(C)C(=O)NCC(C)C)c1. The summed E-state index contributed by atoms with van der Waals surface area (Å²) in [6, 6.07) is 12.4. The molecule has 2 aromatic carbocycles. The van der Waals surface area contributed by atoms with Gasteiger partial charge in [-0.2, -0.15) is 0 Å². The van der Waals surface area contributed by atoms with E-state index in [-0.39, 0.29) is 18.4 Å². The van der Waals surface area contributed by atoms with Gasteiger partial charge in [0.25, 0.3) is 0 Å². The Morgan fingerprint density at radius 2 is 1.56 bits per heavy atom. The van der Waals surface area contributed by atoms with Gasteiger partial charge in [-0.25, -0.2) is 8.42 Å². The standard InChI is InChI=1S/C26H37N3O4S/c1-18(2)15-27-26(31)22(6)28(16-23-10-8-9-19(3)12-23)25(30)17-29(34(7,32)33)24-13-20(4)11-21(5)14-24/h8-14,18,22H,15-17H2,1-7H3,(H,27,31). The molecule has 2 aromatic rings. The first-order chi connectivity index (χ1) is 15.8. The van der Waals surface area contributed by atoms with Crippen LogP contribution in [0.25, 0.3) is 0 Å². The molecule has 0 fully saturated rings. The van der Waals surface area contributed by atoms with Crippen molar-refractivity contribution in [2.45, 2.75) is 54.1 Å². The summed E-state index contributed by atoms with van der Waals surface area (Å²) in [6.45, 7) is 11.7. The highest BCUT2D eigenvalue weighted by Gasteiger charge is 2.30. The molecule has 0 aliphatic rings. The maximum atomic E-state index is 13.6. The van der Waals surface area contributed by atoms with Gasteiger partial charge in [0, 0.05) is 13.1 Å². The van der Waals surface area contributed by atoms with Crippen LogP contribution in [0, 0.1) is 26.7 Å². The Balaban J connectivity index is 2.40. The predicted octanol–water partition coefficient (Wildman–Crippen LogP) is 3.57. The fourth-order valence-corrected chi connectivity index (χ4v) is 4.58. The average Bonchev–Trinajstić information content (AvgIpc) is 2.71. The molecule has 2 rings (SSSR count). The van der Waals surface area contributed by atoms with Crippen molar-refractivity contribution in [1.82, 2.24) is 10.2 Å². The van der Waals surface area contributed by atoms with Gasteiger partial charge in [0.1, 0.15) is 12.6 Å². The number of anilines is 1. The molecule has 0 saturated heterocycles. The maximum Gasteiger partial charge on any atom is 0.244 e. The number of nitrogens with zero attached hydrogens (tertiary/aromatic N) is 2. The van der Waals surface area contributed by atoms with Crippen LogP contribution in [0.2, 0.25) is 0 Å². The van der Waals surface area contributed by atoms with Gasteiger partial charge < -0.3 is 10.2 Å². The van der Waals surface area contributed by atoms with Gasteiger partial charge in [0.2, 0.25) is 21.8 Å². The highest BCUT2D eigenvalue weighted by atomic mass is 32.2. The molecule has 34 heavy (non-hydrogen) atoms. The van der Waals surface area contributed by atoms with Crippen molar-refractivity contribution in [1.29, 1.82) is 0 Å². The minimum atomic E-state index is -3.74. The number of benzene rings is 2. The molecule has 0 spiro atoms. The molecule has 1 atom stereocenters. The Morgan fingerprint density at radius 3 is 2.09 bits per heavy atom. The summed E-state index contributed by atoms with van der Waals surface area (Å²) in [4.78, 5) is 27.9. The molecule has 2 amide bonds. The van der Waals surface area contributed by atoms with Crippen molar-refractivity contribution in [3.8, 4) is 0 Å². The Labute approximate surface area is 204 Å². The van der Waals surface area contributed by atoms with Crippen molar-refractivity contribution in [2.75, 3.05) is 23.7 Å². The number of sulfonamides is 1. The zero-order valence-electron chi connectivity index (χ0n) is 21.3. The van der Waals surface area contributed by atoms with Crippen molar-refractivity contribution in [3.05, 3.63) is 64.7 Å². The van der Waals surface area contributed by atoms with E-state index in [1.165, 1.54) is 4.90 Å². The van der Waals surface area contributed by atoms with Crippen molar-refractivity contribution in [2.24, 2.45) is 5.92 Å². The second-order valence-corrected chi connectivity index (χ2v) is 11.3. The van der Waals surface area contributed by atoms with Crippen LogP contribution >= 0.6 is 0 Å². The number of amides is 2. The van der Waals surface area contributed by atoms with Crippen LogP contribution in [0.3, 0.4) is 0 Å². The third kappa shape index (κ3) is 7.87. The molecule has 1 N–H and O–H groups in total. The van der Waals surface area contributed by atoms with E-state index in [0.717, 1.165) is 32.8 Å². The smallest absolute Gasteiger partial charge is 0.244 e. The van der Waals surface area contributed by atoms with E-state index in [2.05, 4.69) is 5.32 Å². The number of hydrogen-bond acceptors (Lipinski definition) is 4. The molecule has 0 heterocycles. The second-order valence-electron chi connectivity index (χ2n) is 9.44. The van der Waals surface area contributed by atoms with Gasteiger partial charge >= 0.3 is 0 Å². The number of hydrogen-bond donors (Lipinski definition) is 1. The van der Waals surface area contributed by atoms with Gasteiger partial charge in [-0.3, -0.25) is 13.9 Å². The lowest BCUT2D eigenvalue weighted by Gasteiger charge is -2.32. The molecule has 186 valence electrons. The maximum absolute atomic E-state index is 13.6. The monoisotopic (exact) mass is 487 g/mol. The molecular weight excluding hydrogens is 450 g/mol. The lowest BCUT2D eigenvalue weighted by Crippen LogP contribution is -2.51. The predicted molar refractivity (Wildman–Crippen MR) is 137 cm³/mol. The lowest BCUT2D eigenvalue weighted by atomic mass is 10.1. The van der Waals surface area contributed by atoms with Crippen molar-refractivity contribution < 1.29 is 18.0 Å². The molecule has 8 heteroatoms. The van der Waals surface area contributed by atoms with Crippen LogP contribution in [-0.2, 0) is 26.2 Å². The Bertz CT molecular complexity index is 1110. The fourth-order valence-electron chi connectivity index (χ4n) is 3.75. The third-order valence-corrected chi connectivity index (χ3v) is 6.60. The quantitative estimate of drug-likeness (QED) is 0.555. The topological polar surface area (TPSA) is 86.8 Å². The lowest BCUT2D eigenvalue weighted by molar-refractivity contribution is -0.139. The van der Waals surface area contributed by atoms with Gasteiger partial charge in [0.15, 0.2) is 0 Å². The molecule has 0 aliphatic carbocycles. The van der Waals surface area contributed by atoms with Crippen LogP contribution in [0.15, 0.2) is 42.5 Å². The van der Waals surface area contributed by atoms with Gasteiger partial charge in [-0.05, 0) is 62.4 Å². The molecular formula is C26H37N3O4S. The van der Waals surface area contributed by atoms with E-state index >= 15 is 0 Å². The number of carbonyl (C=O) groups is 2. The number of nitrogens with one attached hydrogen (secondary N) is 1. The van der Waals surface area contributed by atoms with E-state index in [1.54, 1.807) is 19.1 Å². The Kier molecular flexibility index (Phi) is 9.27. The zero-order chi connectivity index (χ0) is 25.6. The minimum Gasteiger partial charge on any atom is -0.354 e. The van der Waals surface area contributed by atoms with E-state index in [0.29, 0.717) is 12.2 Å². The van der Waals surface area contributed by atoms with Gasteiger partial charge in [-0.1, -0.05) is 49.7 Å². The van der Waals surface area contributed by atoms with Crippen molar-refractivity contribution >= 4 is 27.5 Å². The summed E-state index contributed by atoms with van der Waals surface area (Å²) in [5.41, 5.74) is 4.13. The minimum absolute atomic E-state index is 0.196. The zero-order valence-corrected chi connectivity index (χ0v) is 22.1. The number of carbonyl (C=O) groups excluding carboxylic acids is 2. The number of rotatable bonds is 10. The van der Waals surface area contributed by atoms with E-state index in [4.69, 9.17) is 0 Å². The Hall–Kier alpha value is -2.87.